The highest BCUT2D eigenvalue weighted by Crippen LogP contribution is 2.19. The molecule has 3 nitrogen and oxygen atoms in total. The lowest BCUT2D eigenvalue weighted by molar-refractivity contribution is 0.629. The molecule has 0 aliphatic heterocycles. The maximum absolute atomic E-state index is 13.5. The molecule has 5 heteroatoms. The second-order valence-corrected chi connectivity index (χ2v) is 4.40. The van der Waals surface area contributed by atoms with Crippen molar-refractivity contribution in [1.82, 2.24) is 9.78 Å². The van der Waals surface area contributed by atoms with Crippen molar-refractivity contribution in [2.75, 3.05) is 5.32 Å². The Morgan fingerprint density at radius 1 is 1.53 bits per heavy atom. The van der Waals surface area contributed by atoms with Gasteiger partial charge in [-0.1, -0.05) is 22.5 Å². The van der Waals surface area contributed by atoms with E-state index in [0.717, 1.165) is 10.0 Å². The predicted octanol–water partition coefficient (Wildman–Crippen LogP) is 3.50. The van der Waals surface area contributed by atoms with Gasteiger partial charge in [-0.15, -0.1) is 0 Å². The fourth-order valence-corrected chi connectivity index (χ4v) is 1.73. The van der Waals surface area contributed by atoms with E-state index in [1.54, 1.807) is 29.2 Å². The predicted molar refractivity (Wildman–Crippen MR) is 70.0 cm³/mol. The van der Waals surface area contributed by atoms with Crippen LogP contribution in [0.4, 0.5) is 10.1 Å². The fourth-order valence-electron chi connectivity index (χ4n) is 1.40. The van der Waals surface area contributed by atoms with Crippen LogP contribution in [0.15, 0.2) is 41.6 Å². The van der Waals surface area contributed by atoms with E-state index in [1.807, 2.05) is 6.20 Å². The Balaban J connectivity index is 2.04. The molecule has 0 bridgehead atoms. The van der Waals surface area contributed by atoms with E-state index < -0.39 is 0 Å². The smallest absolute Gasteiger partial charge is 0.147 e. The molecule has 1 aromatic heterocycles. The van der Waals surface area contributed by atoms with Crippen LogP contribution < -0.4 is 5.32 Å². The van der Waals surface area contributed by atoms with Gasteiger partial charge in [0.05, 0.1) is 11.9 Å². The van der Waals surface area contributed by atoms with Crippen LogP contribution >= 0.6 is 15.9 Å². The number of halogens is 2. The molecule has 2 rings (SSSR count). The number of aromatic nitrogens is 2. The Morgan fingerprint density at radius 2 is 2.35 bits per heavy atom. The van der Waals surface area contributed by atoms with Crippen LogP contribution in [0.25, 0.3) is 6.20 Å². The van der Waals surface area contributed by atoms with Crippen LogP contribution in [0.3, 0.4) is 0 Å². The Bertz CT molecular complexity index is 536. The van der Waals surface area contributed by atoms with Crippen LogP contribution in [0.2, 0.25) is 0 Å². The summed E-state index contributed by atoms with van der Waals surface area (Å²) in [6.45, 7) is 4.12. The third kappa shape index (κ3) is 2.94. The molecule has 1 heterocycles. The van der Waals surface area contributed by atoms with Gasteiger partial charge in [0.15, 0.2) is 0 Å². The first-order valence-electron chi connectivity index (χ1n) is 5.03. The van der Waals surface area contributed by atoms with Gasteiger partial charge in [0.1, 0.15) is 5.82 Å². The van der Waals surface area contributed by atoms with Crippen molar-refractivity contribution in [2.24, 2.45) is 0 Å². The van der Waals surface area contributed by atoms with E-state index >= 15 is 0 Å². The Labute approximate surface area is 107 Å². The normalized spacial score (nSPS) is 10.2. The summed E-state index contributed by atoms with van der Waals surface area (Å²) in [6.07, 6.45) is 5.14. The van der Waals surface area contributed by atoms with Crippen molar-refractivity contribution in [1.29, 1.82) is 0 Å². The number of hydrogen-bond acceptors (Lipinski definition) is 2. The summed E-state index contributed by atoms with van der Waals surface area (Å²) in [7, 11) is 0. The van der Waals surface area contributed by atoms with Gasteiger partial charge in [0.25, 0.3) is 0 Å². The molecule has 0 saturated heterocycles. The molecule has 0 saturated carbocycles. The minimum absolute atomic E-state index is 0.282. The molecule has 88 valence electrons. The molecule has 0 fully saturated rings. The third-order valence-corrected chi connectivity index (χ3v) is 2.75. The second kappa shape index (κ2) is 5.14. The molecule has 0 radical (unpaired) electrons. The molecule has 0 spiro atoms. The zero-order chi connectivity index (χ0) is 12.3. The number of anilines is 1. The third-order valence-electron chi connectivity index (χ3n) is 2.26. The van der Waals surface area contributed by atoms with Gasteiger partial charge in [-0.05, 0) is 18.2 Å². The van der Waals surface area contributed by atoms with Gasteiger partial charge in [-0.3, -0.25) is 0 Å². The lowest BCUT2D eigenvalue weighted by Gasteiger charge is -2.06. The van der Waals surface area contributed by atoms with Gasteiger partial charge < -0.3 is 5.32 Å². The van der Waals surface area contributed by atoms with Crippen LogP contribution in [-0.2, 0) is 6.54 Å². The van der Waals surface area contributed by atoms with Crippen molar-refractivity contribution in [3.8, 4) is 0 Å². The highest BCUT2D eigenvalue weighted by atomic mass is 79.9. The van der Waals surface area contributed by atoms with E-state index in [9.17, 15) is 4.39 Å². The van der Waals surface area contributed by atoms with Crippen LogP contribution in [0, 0.1) is 5.82 Å². The summed E-state index contributed by atoms with van der Waals surface area (Å²) < 4.78 is 15.8. The van der Waals surface area contributed by atoms with E-state index in [2.05, 4.69) is 32.9 Å². The van der Waals surface area contributed by atoms with Crippen LogP contribution in [0.5, 0.6) is 0 Å². The largest absolute Gasteiger partial charge is 0.378 e. The van der Waals surface area contributed by atoms with E-state index in [4.69, 9.17) is 0 Å². The minimum atomic E-state index is -0.282. The van der Waals surface area contributed by atoms with Crippen molar-refractivity contribution < 1.29 is 4.39 Å². The molecule has 0 atom stereocenters. The zero-order valence-corrected chi connectivity index (χ0v) is 10.6. The molecule has 1 aromatic carbocycles. The molecule has 0 unspecified atom stereocenters. The molecule has 0 aliphatic rings. The molecular formula is C12H11BrFN3. The number of rotatable bonds is 4. The molecule has 0 aliphatic carbocycles. The van der Waals surface area contributed by atoms with Gasteiger partial charge in [0.2, 0.25) is 0 Å². The number of nitrogens with zero attached hydrogens (tertiary/aromatic N) is 2. The molecular weight excluding hydrogens is 285 g/mol. The zero-order valence-electron chi connectivity index (χ0n) is 9.03. The van der Waals surface area contributed by atoms with Crippen molar-refractivity contribution >= 4 is 27.8 Å². The molecule has 0 amide bonds. The Hall–Kier alpha value is -1.62. The van der Waals surface area contributed by atoms with Crippen molar-refractivity contribution in [3.63, 3.8) is 0 Å². The number of nitrogens with one attached hydrogen (secondary N) is 1. The lowest BCUT2D eigenvalue weighted by atomic mass is 10.3. The first-order valence-corrected chi connectivity index (χ1v) is 5.83. The maximum Gasteiger partial charge on any atom is 0.147 e. The standard InChI is InChI=1S/C12H11BrFN3/c1-2-17-8-9(7-16-17)6-15-12-4-3-10(13)5-11(12)14/h2-5,7-8,15H,1,6H2. The van der Waals surface area contributed by atoms with Crippen LogP contribution in [-0.4, -0.2) is 9.78 Å². The monoisotopic (exact) mass is 295 g/mol. The van der Waals surface area contributed by atoms with Gasteiger partial charge in [-0.25, -0.2) is 9.07 Å². The SMILES string of the molecule is C=Cn1cc(CNc2ccc(Br)cc2F)cn1. The Kier molecular flexibility index (Phi) is 3.58. The average molecular weight is 296 g/mol. The van der Waals surface area contributed by atoms with Gasteiger partial charge in [-0.2, -0.15) is 5.10 Å². The first-order chi connectivity index (χ1) is 8.19. The van der Waals surface area contributed by atoms with E-state index in [0.29, 0.717) is 12.2 Å². The fraction of sp³-hybridized carbons (Fsp3) is 0.0833. The summed E-state index contributed by atoms with van der Waals surface area (Å²) in [4.78, 5) is 0. The molecule has 1 N–H and O–H groups in total. The first kappa shape index (κ1) is 11.9. The highest BCUT2D eigenvalue weighted by Gasteiger charge is 2.03. The van der Waals surface area contributed by atoms with Gasteiger partial charge in [0, 0.05) is 29.0 Å². The number of benzene rings is 1. The minimum Gasteiger partial charge on any atom is -0.378 e. The summed E-state index contributed by atoms with van der Waals surface area (Å²) in [5, 5.41) is 7.05. The van der Waals surface area contributed by atoms with Crippen molar-refractivity contribution in [3.05, 3.63) is 53.0 Å². The summed E-state index contributed by atoms with van der Waals surface area (Å²) in [5.74, 6) is -0.282. The van der Waals surface area contributed by atoms with Crippen LogP contribution in [0.1, 0.15) is 5.56 Å². The summed E-state index contributed by atoms with van der Waals surface area (Å²) >= 11 is 3.21. The van der Waals surface area contributed by atoms with Crippen molar-refractivity contribution in [2.45, 2.75) is 6.54 Å². The topological polar surface area (TPSA) is 29.9 Å². The maximum atomic E-state index is 13.5. The molecule has 17 heavy (non-hydrogen) atoms. The summed E-state index contributed by atoms with van der Waals surface area (Å²) in [5.41, 5.74) is 1.44. The second-order valence-electron chi connectivity index (χ2n) is 3.49. The highest BCUT2D eigenvalue weighted by molar-refractivity contribution is 9.10. The Morgan fingerprint density at radius 3 is 3.00 bits per heavy atom. The van der Waals surface area contributed by atoms with E-state index in [1.165, 1.54) is 6.07 Å². The summed E-state index contributed by atoms with van der Waals surface area (Å²) in [6, 6.07) is 4.91. The van der Waals surface area contributed by atoms with Gasteiger partial charge >= 0.3 is 0 Å². The number of hydrogen-bond donors (Lipinski definition) is 1. The quantitative estimate of drug-likeness (QED) is 0.936. The lowest BCUT2D eigenvalue weighted by Crippen LogP contribution is -2.00. The van der Waals surface area contributed by atoms with E-state index in [-0.39, 0.29) is 5.82 Å². The molecule has 2 aromatic rings. The average Bonchev–Trinajstić information content (AvgIpc) is 2.76.